The number of carbonyl (C=O) groups is 1. The number of morpholine rings is 1. The summed E-state index contributed by atoms with van der Waals surface area (Å²) in [5.74, 6) is 0.0887. The second kappa shape index (κ2) is 8.42. The molecule has 2 saturated heterocycles. The van der Waals surface area contributed by atoms with Crippen molar-refractivity contribution < 1.29 is 14.3 Å². The first kappa shape index (κ1) is 20.2. The van der Waals surface area contributed by atoms with E-state index in [1.165, 1.54) is 11.1 Å². The molecule has 5 rings (SSSR count). The van der Waals surface area contributed by atoms with Crippen molar-refractivity contribution in [2.75, 3.05) is 39.9 Å². The molecule has 0 aliphatic carbocycles. The molecule has 31 heavy (non-hydrogen) atoms. The van der Waals surface area contributed by atoms with E-state index in [2.05, 4.69) is 53.8 Å². The maximum atomic E-state index is 13.1. The zero-order chi connectivity index (χ0) is 21.3. The minimum atomic E-state index is -0.210. The Morgan fingerprint density at radius 3 is 2.61 bits per heavy atom. The van der Waals surface area contributed by atoms with Crippen LogP contribution in [0.25, 0.3) is 21.9 Å². The number of rotatable bonds is 4. The van der Waals surface area contributed by atoms with E-state index < -0.39 is 0 Å². The van der Waals surface area contributed by atoms with Gasteiger partial charge in [-0.05, 0) is 52.1 Å². The van der Waals surface area contributed by atoms with Crippen LogP contribution in [0, 0.1) is 0 Å². The predicted octanol–water partition coefficient (Wildman–Crippen LogP) is 3.86. The van der Waals surface area contributed by atoms with Gasteiger partial charge < -0.3 is 19.7 Å². The summed E-state index contributed by atoms with van der Waals surface area (Å²) in [4.78, 5) is 15.1. The summed E-state index contributed by atoms with van der Waals surface area (Å²) in [6, 6.07) is 20.8. The lowest BCUT2D eigenvalue weighted by Crippen LogP contribution is -2.51. The van der Waals surface area contributed by atoms with E-state index in [1.807, 2.05) is 17.0 Å². The number of hydrogen-bond donors (Lipinski definition) is 1. The van der Waals surface area contributed by atoms with E-state index in [1.54, 1.807) is 7.11 Å². The van der Waals surface area contributed by atoms with Crippen molar-refractivity contribution in [1.82, 2.24) is 10.2 Å². The van der Waals surface area contributed by atoms with E-state index in [9.17, 15) is 4.79 Å². The van der Waals surface area contributed by atoms with Gasteiger partial charge in [-0.3, -0.25) is 4.79 Å². The van der Waals surface area contributed by atoms with Crippen LogP contribution in [0.3, 0.4) is 0 Å². The number of nitrogens with one attached hydrogen (secondary N) is 1. The van der Waals surface area contributed by atoms with Crippen molar-refractivity contribution in [3.8, 4) is 11.1 Å². The summed E-state index contributed by atoms with van der Waals surface area (Å²) in [5.41, 5.74) is 4.03. The number of hydrogen-bond acceptors (Lipinski definition) is 4. The van der Waals surface area contributed by atoms with Crippen molar-refractivity contribution in [2.24, 2.45) is 0 Å². The van der Waals surface area contributed by atoms with Gasteiger partial charge in [0.1, 0.15) is 0 Å². The van der Waals surface area contributed by atoms with Crippen molar-refractivity contribution in [3.63, 3.8) is 0 Å². The zero-order valence-electron chi connectivity index (χ0n) is 17.9. The molecule has 0 bridgehead atoms. The summed E-state index contributed by atoms with van der Waals surface area (Å²) in [7, 11) is 1.71. The number of nitrogens with zero attached hydrogens (tertiary/aromatic N) is 1. The molecule has 1 N–H and O–H groups in total. The molecule has 2 heterocycles. The summed E-state index contributed by atoms with van der Waals surface area (Å²) in [6.07, 6.45) is 0.895. The highest BCUT2D eigenvalue weighted by Gasteiger charge is 2.42. The van der Waals surface area contributed by atoms with E-state index in [4.69, 9.17) is 9.47 Å². The Morgan fingerprint density at radius 1 is 1.06 bits per heavy atom. The maximum absolute atomic E-state index is 13.1. The van der Waals surface area contributed by atoms with Crippen LogP contribution in [0.5, 0.6) is 0 Å². The Hall–Kier alpha value is -2.73. The lowest BCUT2D eigenvalue weighted by Gasteiger charge is -2.34. The fraction of sp³-hybridized carbons (Fsp3) is 0.346. The first-order chi connectivity index (χ1) is 15.2. The van der Waals surface area contributed by atoms with Crippen LogP contribution < -0.4 is 5.32 Å². The van der Waals surface area contributed by atoms with Gasteiger partial charge in [0.25, 0.3) is 5.91 Å². The molecule has 2 aliphatic heterocycles. The molecular formula is C26H28N2O3. The van der Waals surface area contributed by atoms with Crippen LogP contribution in [0.2, 0.25) is 0 Å². The first-order valence-electron chi connectivity index (χ1n) is 10.9. The fourth-order valence-corrected chi connectivity index (χ4v) is 4.69. The number of likely N-dealkylation sites (tertiary alicyclic amines) is 1. The smallest absolute Gasteiger partial charge is 0.253 e. The Bertz CT molecular complexity index is 1090. The van der Waals surface area contributed by atoms with Gasteiger partial charge in [0, 0.05) is 32.3 Å². The zero-order valence-corrected chi connectivity index (χ0v) is 17.9. The molecule has 3 aromatic carbocycles. The van der Waals surface area contributed by atoms with E-state index >= 15 is 0 Å². The third kappa shape index (κ3) is 4.09. The Morgan fingerprint density at radius 2 is 1.84 bits per heavy atom. The van der Waals surface area contributed by atoms with Crippen LogP contribution in [0.15, 0.2) is 60.7 Å². The lowest BCUT2D eigenvalue weighted by atomic mass is 9.99. The molecule has 1 spiro atoms. The molecule has 3 aromatic rings. The molecule has 2 aliphatic rings. The number of amides is 1. The summed E-state index contributed by atoms with van der Waals surface area (Å²) >= 11 is 0. The predicted molar refractivity (Wildman–Crippen MR) is 122 cm³/mol. The summed E-state index contributed by atoms with van der Waals surface area (Å²) in [5, 5.41) is 5.61. The second-order valence-corrected chi connectivity index (χ2v) is 8.59. The average Bonchev–Trinajstić information content (AvgIpc) is 3.22. The average molecular weight is 417 g/mol. The molecule has 0 radical (unpaired) electrons. The van der Waals surface area contributed by atoms with Crippen molar-refractivity contribution in [1.29, 1.82) is 0 Å². The highest BCUT2D eigenvalue weighted by Crippen LogP contribution is 2.29. The molecule has 160 valence electrons. The topological polar surface area (TPSA) is 50.8 Å². The summed E-state index contributed by atoms with van der Waals surface area (Å²) < 4.78 is 11.2. The molecule has 0 saturated carbocycles. The first-order valence-corrected chi connectivity index (χ1v) is 10.9. The third-order valence-corrected chi connectivity index (χ3v) is 6.42. The van der Waals surface area contributed by atoms with Crippen LogP contribution in [0.1, 0.15) is 22.3 Å². The summed E-state index contributed by atoms with van der Waals surface area (Å²) in [6.45, 7) is 4.46. The van der Waals surface area contributed by atoms with Crippen molar-refractivity contribution in [3.05, 3.63) is 71.8 Å². The molecular weight excluding hydrogens is 388 g/mol. The normalized spacial score (nSPS) is 21.1. The van der Waals surface area contributed by atoms with Gasteiger partial charge in [0.05, 0.1) is 25.4 Å². The van der Waals surface area contributed by atoms with Crippen LogP contribution >= 0.6 is 0 Å². The quantitative estimate of drug-likeness (QED) is 0.702. The highest BCUT2D eigenvalue weighted by atomic mass is 16.5. The van der Waals surface area contributed by atoms with Gasteiger partial charge in [-0.15, -0.1) is 0 Å². The van der Waals surface area contributed by atoms with Gasteiger partial charge >= 0.3 is 0 Å². The lowest BCUT2D eigenvalue weighted by molar-refractivity contribution is -0.0559. The van der Waals surface area contributed by atoms with Crippen molar-refractivity contribution in [2.45, 2.75) is 18.6 Å². The standard InChI is InChI=1S/C26H28N2O3/c1-30-16-19-2-4-20(5-3-19)21-6-7-23-15-24(9-8-22(23)14-21)25(29)28-12-10-26(18-28)17-27-11-13-31-26/h2-9,14-15,27H,10-13,16-18H2,1H3. The Kier molecular flexibility index (Phi) is 5.48. The van der Waals surface area contributed by atoms with Gasteiger partial charge in [-0.1, -0.05) is 42.5 Å². The number of benzene rings is 3. The monoisotopic (exact) mass is 416 g/mol. The van der Waals surface area contributed by atoms with Crippen LogP contribution in [0.4, 0.5) is 0 Å². The third-order valence-electron chi connectivity index (χ3n) is 6.42. The van der Waals surface area contributed by atoms with Gasteiger partial charge in [-0.25, -0.2) is 0 Å². The SMILES string of the molecule is COCc1ccc(-c2ccc3cc(C(=O)N4CCC5(CNCCO5)C4)ccc3c2)cc1. The maximum Gasteiger partial charge on any atom is 0.253 e. The van der Waals surface area contributed by atoms with E-state index in [0.717, 1.165) is 54.6 Å². The number of carbonyl (C=O) groups excluding carboxylic acids is 1. The number of ether oxygens (including phenoxy) is 2. The fourth-order valence-electron chi connectivity index (χ4n) is 4.69. The molecule has 1 amide bonds. The highest BCUT2D eigenvalue weighted by molar-refractivity contribution is 5.99. The molecule has 5 heteroatoms. The van der Waals surface area contributed by atoms with Crippen LogP contribution in [-0.4, -0.2) is 56.3 Å². The minimum absolute atomic E-state index is 0.0887. The second-order valence-electron chi connectivity index (χ2n) is 8.59. The largest absolute Gasteiger partial charge is 0.380 e. The molecule has 1 unspecified atom stereocenters. The Labute approximate surface area is 183 Å². The molecule has 5 nitrogen and oxygen atoms in total. The minimum Gasteiger partial charge on any atom is -0.380 e. The molecule has 2 fully saturated rings. The van der Waals surface area contributed by atoms with Gasteiger partial charge in [0.2, 0.25) is 0 Å². The molecule has 1 atom stereocenters. The van der Waals surface area contributed by atoms with Crippen LogP contribution in [-0.2, 0) is 16.1 Å². The van der Waals surface area contributed by atoms with E-state index in [-0.39, 0.29) is 11.5 Å². The Balaban J connectivity index is 1.34. The number of fused-ring (bicyclic) bond motifs is 1. The van der Waals surface area contributed by atoms with Gasteiger partial charge in [-0.2, -0.15) is 0 Å². The van der Waals surface area contributed by atoms with Crippen molar-refractivity contribution >= 4 is 16.7 Å². The van der Waals surface area contributed by atoms with Gasteiger partial charge in [0.15, 0.2) is 0 Å². The molecule has 0 aromatic heterocycles. The number of methoxy groups -OCH3 is 1. The van der Waals surface area contributed by atoms with E-state index in [0.29, 0.717) is 13.2 Å².